The van der Waals surface area contributed by atoms with Gasteiger partial charge in [-0.15, -0.1) is 11.3 Å². The van der Waals surface area contributed by atoms with Gasteiger partial charge in [0, 0.05) is 11.4 Å². The number of Topliss-reactive ketones (excluding diaryl/α,β-unsaturated/α-hetero) is 1. The molecule has 0 bridgehead atoms. The first-order chi connectivity index (χ1) is 8.56. The fourth-order valence-corrected chi connectivity index (χ4v) is 2.73. The summed E-state index contributed by atoms with van der Waals surface area (Å²) >= 11 is 1.55. The van der Waals surface area contributed by atoms with Gasteiger partial charge in [0.15, 0.2) is 5.78 Å². The Bertz CT molecular complexity index is 540. The molecule has 0 unspecified atom stereocenters. The number of hydrogen-bond donors (Lipinski definition) is 0. The van der Waals surface area contributed by atoms with Crippen molar-refractivity contribution in [3.8, 4) is 10.4 Å². The van der Waals surface area contributed by atoms with Crippen LogP contribution in [0.5, 0.6) is 0 Å². The third kappa shape index (κ3) is 3.06. The average molecular weight is 259 g/mol. The van der Waals surface area contributed by atoms with E-state index in [4.69, 9.17) is 0 Å². The maximum absolute atomic E-state index is 11.3. The van der Waals surface area contributed by atoms with Crippen molar-refractivity contribution in [1.29, 1.82) is 0 Å². The second kappa shape index (κ2) is 5.46. The zero-order chi connectivity index (χ0) is 13.1. The Balaban J connectivity index is 2.20. The molecule has 0 spiro atoms. The van der Waals surface area contributed by atoms with Gasteiger partial charge in [-0.3, -0.25) is 4.79 Å². The third-order valence-corrected chi connectivity index (χ3v) is 3.93. The monoisotopic (exact) mass is 259 g/mol. The molecule has 1 aromatic carbocycles. The van der Waals surface area contributed by atoms with Crippen LogP contribution in [0.2, 0.25) is 0 Å². The van der Waals surface area contributed by atoms with Gasteiger partial charge < -0.3 is 4.90 Å². The Morgan fingerprint density at radius 3 is 2.28 bits per heavy atom. The van der Waals surface area contributed by atoms with Crippen molar-refractivity contribution in [3.63, 3.8) is 0 Å². The molecule has 0 saturated carbocycles. The van der Waals surface area contributed by atoms with E-state index in [1.54, 1.807) is 18.3 Å². The molecule has 1 aromatic heterocycles. The van der Waals surface area contributed by atoms with E-state index in [9.17, 15) is 4.79 Å². The minimum Gasteiger partial charge on any atom is -0.305 e. The Labute approximate surface area is 112 Å². The first kappa shape index (κ1) is 13.0. The third-order valence-electron chi connectivity index (χ3n) is 2.69. The molecule has 0 fully saturated rings. The van der Waals surface area contributed by atoms with E-state index in [1.807, 2.05) is 12.1 Å². The zero-order valence-corrected chi connectivity index (χ0v) is 11.8. The molecule has 0 saturated heterocycles. The molecule has 0 aliphatic heterocycles. The smallest absolute Gasteiger partial charge is 0.169 e. The molecule has 2 rings (SSSR count). The Kier molecular flexibility index (Phi) is 3.94. The van der Waals surface area contributed by atoms with Crippen LogP contribution >= 0.6 is 11.3 Å². The van der Waals surface area contributed by atoms with Crippen LogP contribution in [-0.4, -0.2) is 24.8 Å². The molecular formula is C15H17NOS. The number of rotatable bonds is 4. The van der Waals surface area contributed by atoms with Gasteiger partial charge in [0.25, 0.3) is 0 Å². The van der Waals surface area contributed by atoms with Crippen molar-refractivity contribution < 1.29 is 4.79 Å². The summed E-state index contributed by atoms with van der Waals surface area (Å²) in [4.78, 5) is 15.4. The minimum atomic E-state index is 0.135. The number of carbonyl (C=O) groups is 1. The summed E-state index contributed by atoms with van der Waals surface area (Å²) < 4.78 is 0. The van der Waals surface area contributed by atoms with E-state index < -0.39 is 0 Å². The van der Waals surface area contributed by atoms with Gasteiger partial charge in [-0.05, 0) is 44.3 Å². The van der Waals surface area contributed by atoms with Gasteiger partial charge in [-0.1, -0.05) is 24.3 Å². The Morgan fingerprint density at radius 1 is 1.11 bits per heavy atom. The number of thiophene rings is 1. The first-order valence-electron chi connectivity index (χ1n) is 5.91. The van der Waals surface area contributed by atoms with Crippen molar-refractivity contribution >= 4 is 17.1 Å². The van der Waals surface area contributed by atoms with Crippen LogP contribution in [0.15, 0.2) is 36.4 Å². The largest absolute Gasteiger partial charge is 0.305 e. The fourth-order valence-electron chi connectivity index (χ4n) is 1.82. The quantitative estimate of drug-likeness (QED) is 0.781. The van der Waals surface area contributed by atoms with Crippen LogP contribution in [0.1, 0.15) is 22.2 Å². The predicted octanol–water partition coefficient (Wildman–Crippen LogP) is 3.68. The summed E-state index contributed by atoms with van der Waals surface area (Å²) in [7, 11) is 4.12. The van der Waals surface area contributed by atoms with E-state index >= 15 is 0 Å². The maximum atomic E-state index is 11.3. The second-order valence-corrected chi connectivity index (χ2v) is 5.74. The van der Waals surface area contributed by atoms with Gasteiger partial charge in [0.2, 0.25) is 0 Å². The topological polar surface area (TPSA) is 20.3 Å². The highest BCUT2D eigenvalue weighted by molar-refractivity contribution is 7.17. The van der Waals surface area contributed by atoms with E-state index in [0.29, 0.717) is 0 Å². The number of nitrogens with zero attached hydrogens (tertiary/aromatic N) is 1. The van der Waals surface area contributed by atoms with E-state index in [0.717, 1.165) is 16.3 Å². The van der Waals surface area contributed by atoms with Crippen molar-refractivity contribution in [3.05, 3.63) is 46.8 Å². The lowest BCUT2D eigenvalue weighted by molar-refractivity contribution is 0.102. The molecule has 2 aromatic rings. The van der Waals surface area contributed by atoms with Crippen LogP contribution in [0.4, 0.5) is 0 Å². The predicted molar refractivity (Wildman–Crippen MR) is 77.2 cm³/mol. The summed E-state index contributed by atoms with van der Waals surface area (Å²) in [5, 5.41) is 0. The highest BCUT2D eigenvalue weighted by Crippen LogP contribution is 2.28. The zero-order valence-electron chi connectivity index (χ0n) is 10.9. The lowest BCUT2D eigenvalue weighted by Gasteiger charge is -2.09. The maximum Gasteiger partial charge on any atom is 0.169 e. The van der Waals surface area contributed by atoms with Crippen LogP contribution in [0.3, 0.4) is 0 Å². The van der Waals surface area contributed by atoms with Crippen molar-refractivity contribution in [2.75, 3.05) is 14.1 Å². The number of carbonyl (C=O) groups excluding carboxylic acids is 1. The number of hydrogen-bond acceptors (Lipinski definition) is 3. The molecule has 0 radical (unpaired) electrons. The van der Waals surface area contributed by atoms with Crippen LogP contribution in [0, 0.1) is 0 Å². The van der Waals surface area contributed by atoms with Gasteiger partial charge in [0.05, 0.1) is 4.88 Å². The lowest BCUT2D eigenvalue weighted by atomic mass is 10.1. The summed E-state index contributed by atoms with van der Waals surface area (Å²) in [6.45, 7) is 2.55. The highest BCUT2D eigenvalue weighted by Gasteiger charge is 2.06. The molecular weight excluding hydrogens is 242 g/mol. The summed E-state index contributed by atoms with van der Waals surface area (Å²) in [5.41, 5.74) is 2.47. The number of benzene rings is 1. The summed E-state index contributed by atoms with van der Waals surface area (Å²) in [6, 6.07) is 12.4. The molecule has 0 N–H and O–H groups in total. The van der Waals surface area contributed by atoms with Gasteiger partial charge in [-0.25, -0.2) is 0 Å². The second-order valence-electron chi connectivity index (χ2n) is 4.65. The summed E-state index contributed by atoms with van der Waals surface area (Å²) in [5.74, 6) is 0.135. The summed E-state index contributed by atoms with van der Waals surface area (Å²) in [6.07, 6.45) is 0. The molecule has 0 atom stereocenters. The molecule has 3 heteroatoms. The van der Waals surface area contributed by atoms with Crippen molar-refractivity contribution in [1.82, 2.24) is 4.90 Å². The minimum absolute atomic E-state index is 0.135. The van der Waals surface area contributed by atoms with Crippen molar-refractivity contribution in [2.24, 2.45) is 0 Å². The van der Waals surface area contributed by atoms with Crippen LogP contribution < -0.4 is 0 Å². The van der Waals surface area contributed by atoms with Gasteiger partial charge in [0.1, 0.15) is 0 Å². The van der Waals surface area contributed by atoms with E-state index in [-0.39, 0.29) is 5.78 Å². The molecule has 1 heterocycles. The average Bonchev–Trinajstić information content (AvgIpc) is 2.78. The molecule has 0 aliphatic carbocycles. The van der Waals surface area contributed by atoms with Crippen molar-refractivity contribution in [2.45, 2.75) is 13.5 Å². The van der Waals surface area contributed by atoms with Crippen LogP contribution in [-0.2, 0) is 6.54 Å². The van der Waals surface area contributed by atoms with Gasteiger partial charge >= 0.3 is 0 Å². The molecule has 2 nitrogen and oxygen atoms in total. The molecule has 18 heavy (non-hydrogen) atoms. The first-order valence-corrected chi connectivity index (χ1v) is 6.73. The van der Waals surface area contributed by atoms with E-state index in [1.165, 1.54) is 11.1 Å². The van der Waals surface area contributed by atoms with Gasteiger partial charge in [-0.2, -0.15) is 0 Å². The Hall–Kier alpha value is -1.45. The van der Waals surface area contributed by atoms with Crippen LogP contribution in [0.25, 0.3) is 10.4 Å². The van der Waals surface area contributed by atoms with E-state index in [2.05, 4.69) is 43.3 Å². The molecule has 0 amide bonds. The highest BCUT2D eigenvalue weighted by atomic mass is 32.1. The SMILES string of the molecule is CC(=O)c1ccc(-c2ccc(CN(C)C)cc2)s1. The normalized spacial score (nSPS) is 10.9. The number of ketones is 1. The standard InChI is InChI=1S/C15H17NOS/c1-11(17)14-8-9-15(18-14)13-6-4-12(5-7-13)10-16(2)3/h4-9H,10H2,1-3H3. The molecule has 94 valence electrons. The lowest BCUT2D eigenvalue weighted by Crippen LogP contribution is -2.10. The molecule has 0 aliphatic rings. The Morgan fingerprint density at radius 2 is 1.78 bits per heavy atom. The fraction of sp³-hybridized carbons (Fsp3) is 0.267.